The minimum absolute atomic E-state index is 0.178. The van der Waals surface area contributed by atoms with Gasteiger partial charge in [0.25, 0.3) is 0 Å². The molecule has 2 heteroatoms. The van der Waals surface area contributed by atoms with Crippen LogP contribution in [0.5, 0.6) is 11.5 Å². The molecule has 4 radical (unpaired) electrons. The summed E-state index contributed by atoms with van der Waals surface area (Å²) >= 11 is 0. The van der Waals surface area contributed by atoms with Crippen molar-refractivity contribution in [3.05, 3.63) is 38.1 Å². The highest BCUT2D eigenvalue weighted by atomic mass is 16.5. The maximum Gasteiger partial charge on any atom is 0.119 e. The summed E-state index contributed by atoms with van der Waals surface area (Å²) in [5, 5.41) is 0. The van der Waals surface area contributed by atoms with Gasteiger partial charge in [-0.2, -0.15) is 0 Å². The Hall–Kier alpha value is -1.18. The average molecular weight is 162 g/mol. The summed E-state index contributed by atoms with van der Waals surface area (Å²) in [6, 6.07) is 7.10. The minimum Gasteiger partial charge on any atom is -0.493 e. The molecular formula is C10H10O2. The van der Waals surface area contributed by atoms with Crippen LogP contribution in [0.4, 0.5) is 0 Å². The van der Waals surface area contributed by atoms with Crippen LogP contribution in [0.2, 0.25) is 0 Å². The Labute approximate surface area is 73.1 Å². The van der Waals surface area contributed by atoms with Gasteiger partial charge in [-0.05, 0) is 24.3 Å². The predicted molar refractivity (Wildman–Crippen MR) is 46.0 cm³/mol. The largest absolute Gasteiger partial charge is 0.493 e. The standard InChI is InChI=1S/C10H10O2/c1-3-11-9-5-7-10(8-6-9)12-4-2/h1-2,5-8H,3-4H2. The van der Waals surface area contributed by atoms with E-state index in [0.717, 1.165) is 11.5 Å². The zero-order valence-electron chi connectivity index (χ0n) is 6.69. The molecule has 0 unspecified atom stereocenters. The lowest BCUT2D eigenvalue weighted by molar-refractivity contribution is 0.351. The van der Waals surface area contributed by atoms with Crippen molar-refractivity contribution in [3.8, 4) is 11.5 Å². The van der Waals surface area contributed by atoms with Crippen LogP contribution in [0.3, 0.4) is 0 Å². The van der Waals surface area contributed by atoms with Gasteiger partial charge in [-0.3, -0.25) is 0 Å². The summed E-state index contributed by atoms with van der Waals surface area (Å²) in [6.07, 6.45) is 0. The maximum absolute atomic E-state index is 5.18. The van der Waals surface area contributed by atoms with Crippen molar-refractivity contribution < 1.29 is 9.47 Å². The van der Waals surface area contributed by atoms with Gasteiger partial charge in [0.05, 0.1) is 13.2 Å². The Balaban J connectivity index is 2.58. The molecule has 1 rings (SSSR count). The van der Waals surface area contributed by atoms with E-state index in [-0.39, 0.29) is 13.2 Å². The topological polar surface area (TPSA) is 18.5 Å². The van der Waals surface area contributed by atoms with Crippen LogP contribution in [0, 0.1) is 13.8 Å². The molecule has 0 aliphatic rings. The lowest BCUT2D eigenvalue weighted by Gasteiger charge is -2.04. The monoisotopic (exact) mass is 162 g/mol. The summed E-state index contributed by atoms with van der Waals surface area (Å²) < 4.78 is 10.1. The van der Waals surface area contributed by atoms with E-state index < -0.39 is 0 Å². The van der Waals surface area contributed by atoms with Crippen molar-refractivity contribution in [2.45, 2.75) is 0 Å². The zero-order chi connectivity index (χ0) is 8.81. The fourth-order valence-electron chi connectivity index (χ4n) is 0.825. The van der Waals surface area contributed by atoms with Gasteiger partial charge >= 0.3 is 0 Å². The normalized spacial score (nSPS) is 9.50. The van der Waals surface area contributed by atoms with Gasteiger partial charge in [-0.25, -0.2) is 0 Å². The van der Waals surface area contributed by atoms with Crippen LogP contribution < -0.4 is 9.47 Å². The summed E-state index contributed by atoms with van der Waals surface area (Å²) in [4.78, 5) is 0. The Bertz CT molecular complexity index is 191. The minimum atomic E-state index is 0.178. The molecule has 12 heavy (non-hydrogen) atoms. The highest BCUT2D eigenvalue weighted by Crippen LogP contribution is 2.16. The van der Waals surface area contributed by atoms with Crippen molar-refractivity contribution in [1.29, 1.82) is 0 Å². The van der Waals surface area contributed by atoms with Gasteiger partial charge in [0.15, 0.2) is 0 Å². The number of ether oxygens (including phenoxy) is 2. The fourth-order valence-corrected chi connectivity index (χ4v) is 0.825. The molecule has 0 atom stereocenters. The lowest BCUT2D eigenvalue weighted by atomic mass is 10.3. The second-order valence-corrected chi connectivity index (χ2v) is 2.09. The molecule has 2 nitrogen and oxygen atoms in total. The molecule has 0 amide bonds. The third-order valence-corrected chi connectivity index (χ3v) is 1.32. The van der Waals surface area contributed by atoms with Crippen LogP contribution in [0.25, 0.3) is 0 Å². The van der Waals surface area contributed by atoms with E-state index in [4.69, 9.17) is 23.3 Å². The molecule has 0 saturated carbocycles. The number of rotatable bonds is 4. The van der Waals surface area contributed by atoms with Crippen molar-refractivity contribution in [2.24, 2.45) is 0 Å². The average Bonchev–Trinajstić information content (AvgIpc) is 2.09. The Morgan fingerprint density at radius 3 is 1.42 bits per heavy atom. The van der Waals surface area contributed by atoms with Crippen molar-refractivity contribution >= 4 is 0 Å². The number of hydrogen-bond acceptors (Lipinski definition) is 2. The maximum atomic E-state index is 5.18. The second kappa shape index (κ2) is 4.65. The molecule has 0 aliphatic heterocycles. The van der Waals surface area contributed by atoms with Gasteiger partial charge in [0.2, 0.25) is 0 Å². The van der Waals surface area contributed by atoms with E-state index >= 15 is 0 Å². The van der Waals surface area contributed by atoms with Crippen molar-refractivity contribution in [1.82, 2.24) is 0 Å². The van der Waals surface area contributed by atoms with Gasteiger partial charge < -0.3 is 9.47 Å². The van der Waals surface area contributed by atoms with E-state index in [0.29, 0.717) is 0 Å². The van der Waals surface area contributed by atoms with Crippen LogP contribution >= 0.6 is 0 Å². The quantitative estimate of drug-likeness (QED) is 0.672. The van der Waals surface area contributed by atoms with E-state index in [1.165, 1.54) is 0 Å². The Morgan fingerprint density at radius 1 is 0.833 bits per heavy atom. The van der Waals surface area contributed by atoms with Crippen LogP contribution in [0.1, 0.15) is 0 Å². The molecule has 1 aromatic rings. The van der Waals surface area contributed by atoms with Gasteiger partial charge in [0.1, 0.15) is 11.5 Å². The zero-order valence-corrected chi connectivity index (χ0v) is 6.69. The molecule has 0 heterocycles. The SMILES string of the molecule is [CH]COc1ccc(OC[CH])cc1. The molecule has 0 aromatic heterocycles. The third kappa shape index (κ3) is 2.46. The Kier molecular flexibility index (Phi) is 3.45. The van der Waals surface area contributed by atoms with Crippen molar-refractivity contribution in [2.75, 3.05) is 13.2 Å². The van der Waals surface area contributed by atoms with E-state index in [1.54, 1.807) is 24.3 Å². The summed E-state index contributed by atoms with van der Waals surface area (Å²) in [5.41, 5.74) is 0. The van der Waals surface area contributed by atoms with E-state index in [2.05, 4.69) is 0 Å². The molecule has 0 aliphatic carbocycles. The van der Waals surface area contributed by atoms with Gasteiger partial charge in [-0.1, -0.05) is 0 Å². The summed E-state index contributed by atoms with van der Waals surface area (Å²) in [5.74, 6) is 1.45. The molecule has 0 bridgehead atoms. The first-order valence-electron chi connectivity index (χ1n) is 3.62. The van der Waals surface area contributed by atoms with Crippen LogP contribution in [0.15, 0.2) is 24.3 Å². The van der Waals surface area contributed by atoms with E-state index in [9.17, 15) is 0 Å². The molecule has 0 N–H and O–H groups in total. The second-order valence-electron chi connectivity index (χ2n) is 2.09. The number of benzene rings is 1. The van der Waals surface area contributed by atoms with Gasteiger partial charge in [-0.15, -0.1) is 0 Å². The molecular weight excluding hydrogens is 152 g/mol. The predicted octanol–water partition coefficient (Wildman–Crippen LogP) is 1.87. The molecule has 0 saturated heterocycles. The summed E-state index contributed by atoms with van der Waals surface area (Å²) in [7, 11) is 0. The molecule has 62 valence electrons. The van der Waals surface area contributed by atoms with E-state index in [1.807, 2.05) is 0 Å². The first-order chi connectivity index (χ1) is 5.86. The highest BCUT2D eigenvalue weighted by Gasteiger charge is 1.93. The third-order valence-electron chi connectivity index (χ3n) is 1.32. The molecule has 0 fully saturated rings. The molecule has 1 aromatic carbocycles. The fraction of sp³-hybridized carbons (Fsp3) is 0.200. The lowest BCUT2D eigenvalue weighted by Crippen LogP contribution is -1.93. The highest BCUT2D eigenvalue weighted by molar-refractivity contribution is 5.31. The van der Waals surface area contributed by atoms with Crippen LogP contribution in [-0.4, -0.2) is 13.2 Å². The first-order valence-corrected chi connectivity index (χ1v) is 3.62. The number of hydrogen-bond donors (Lipinski definition) is 0. The van der Waals surface area contributed by atoms with Crippen molar-refractivity contribution in [3.63, 3.8) is 0 Å². The first kappa shape index (κ1) is 8.91. The Morgan fingerprint density at radius 2 is 1.17 bits per heavy atom. The molecule has 0 spiro atoms. The summed E-state index contributed by atoms with van der Waals surface area (Å²) in [6.45, 7) is 10.7. The van der Waals surface area contributed by atoms with Gasteiger partial charge in [0, 0.05) is 13.8 Å². The smallest absolute Gasteiger partial charge is 0.119 e. The van der Waals surface area contributed by atoms with Crippen LogP contribution in [-0.2, 0) is 0 Å².